The number of epoxide rings is 2. The molecule has 5 heteroatoms. The van der Waals surface area contributed by atoms with Crippen LogP contribution < -0.4 is 9.47 Å². The molecule has 5 rings (SSSR count). The molecule has 0 saturated carbocycles. The van der Waals surface area contributed by atoms with Gasteiger partial charge in [0.05, 0.1) is 13.2 Å². The third-order valence-corrected chi connectivity index (χ3v) is 8.20. The summed E-state index contributed by atoms with van der Waals surface area (Å²) < 4.78 is 26.1. The average Bonchev–Trinajstić information content (AvgIpc) is 3.79. The molecule has 0 N–H and O–H groups in total. The van der Waals surface area contributed by atoms with E-state index in [4.69, 9.17) is 18.9 Å². The zero-order valence-electron chi connectivity index (χ0n) is 21.4. The van der Waals surface area contributed by atoms with Gasteiger partial charge in [-0.05, 0) is 61.1 Å². The summed E-state index contributed by atoms with van der Waals surface area (Å²) in [5.41, 5.74) is 2.67. The standard InChI is InChI=1S/C30H40O4S/c1-3-5-7-9-11-21-13-29-25(15-27(21)33-19-23-17-31-23)26-16-28(34-20-24-18-32-24)22(14-30(26)35-29)12-10-8-6-4-2/h13-16,23-24H,3-12,17-20H2,1-2H3. The number of hydrogen-bond acceptors (Lipinski definition) is 5. The normalized spacial score (nSPS) is 18.9. The Morgan fingerprint density at radius 2 is 1.14 bits per heavy atom. The van der Waals surface area contributed by atoms with Crippen LogP contribution in [0, 0.1) is 0 Å². The predicted molar refractivity (Wildman–Crippen MR) is 145 cm³/mol. The van der Waals surface area contributed by atoms with Crippen LogP contribution in [0.4, 0.5) is 0 Å². The lowest BCUT2D eigenvalue weighted by Crippen LogP contribution is -2.06. The van der Waals surface area contributed by atoms with Crippen molar-refractivity contribution in [3.8, 4) is 11.5 Å². The number of hydrogen-bond donors (Lipinski definition) is 0. The molecule has 2 aliphatic rings. The smallest absolute Gasteiger partial charge is 0.123 e. The van der Waals surface area contributed by atoms with Crippen LogP contribution in [0.15, 0.2) is 24.3 Å². The molecule has 2 aliphatic heterocycles. The van der Waals surface area contributed by atoms with Crippen molar-refractivity contribution in [2.45, 2.75) is 90.3 Å². The van der Waals surface area contributed by atoms with Crippen molar-refractivity contribution in [2.75, 3.05) is 26.4 Å². The molecule has 190 valence electrons. The molecule has 3 aromatic rings. The number of thiophene rings is 1. The van der Waals surface area contributed by atoms with Gasteiger partial charge in [0.25, 0.3) is 0 Å². The highest BCUT2D eigenvalue weighted by Gasteiger charge is 2.25. The quantitative estimate of drug-likeness (QED) is 0.150. The largest absolute Gasteiger partial charge is 0.490 e. The van der Waals surface area contributed by atoms with Crippen LogP contribution in [0.3, 0.4) is 0 Å². The molecule has 0 bridgehead atoms. The Morgan fingerprint density at radius 1 is 0.686 bits per heavy atom. The number of unbranched alkanes of at least 4 members (excludes halogenated alkanes) is 6. The zero-order chi connectivity index (χ0) is 24.0. The van der Waals surface area contributed by atoms with E-state index >= 15 is 0 Å². The van der Waals surface area contributed by atoms with Gasteiger partial charge >= 0.3 is 0 Å². The number of ether oxygens (including phenoxy) is 4. The van der Waals surface area contributed by atoms with Gasteiger partial charge in [-0.2, -0.15) is 0 Å². The Hall–Kier alpha value is -1.82. The van der Waals surface area contributed by atoms with Crippen molar-refractivity contribution in [3.63, 3.8) is 0 Å². The van der Waals surface area contributed by atoms with Gasteiger partial charge in [-0.3, -0.25) is 0 Å². The van der Waals surface area contributed by atoms with Crippen LogP contribution in [-0.4, -0.2) is 38.6 Å². The van der Waals surface area contributed by atoms with Crippen molar-refractivity contribution < 1.29 is 18.9 Å². The van der Waals surface area contributed by atoms with Crippen LogP contribution in [0.25, 0.3) is 20.2 Å². The summed E-state index contributed by atoms with van der Waals surface area (Å²) >= 11 is 1.91. The first-order valence-corrected chi connectivity index (χ1v) is 14.6. The minimum atomic E-state index is 0.262. The predicted octanol–water partition coefficient (Wildman–Crippen LogP) is 7.86. The molecular weight excluding hydrogens is 456 g/mol. The highest BCUT2D eigenvalue weighted by molar-refractivity contribution is 7.25. The lowest BCUT2D eigenvalue weighted by Gasteiger charge is -2.13. The molecule has 4 nitrogen and oxygen atoms in total. The summed E-state index contributed by atoms with van der Waals surface area (Å²) in [6.07, 6.45) is 12.8. The molecule has 2 aromatic carbocycles. The maximum Gasteiger partial charge on any atom is 0.123 e. The second kappa shape index (κ2) is 11.9. The van der Waals surface area contributed by atoms with E-state index in [1.54, 1.807) is 0 Å². The molecule has 0 radical (unpaired) electrons. The molecule has 3 heterocycles. The Kier molecular flexibility index (Phi) is 8.48. The molecule has 2 unspecified atom stereocenters. The van der Waals surface area contributed by atoms with Gasteiger partial charge in [0, 0.05) is 20.2 Å². The molecule has 2 fully saturated rings. The van der Waals surface area contributed by atoms with Gasteiger partial charge in [0.1, 0.15) is 36.9 Å². The van der Waals surface area contributed by atoms with E-state index in [1.807, 2.05) is 11.3 Å². The third kappa shape index (κ3) is 6.69. The van der Waals surface area contributed by atoms with E-state index in [0.717, 1.165) is 37.6 Å². The minimum Gasteiger partial charge on any atom is -0.490 e. The molecular formula is C30H40O4S. The summed E-state index contributed by atoms with van der Waals surface area (Å²) in [5, 5.41) is 2.55. The van der Waals surface area contributed by atoms with Gasteiger partial charge in [-0.15, -0.1) is 11.3 Å². The molecule has 2 saturated heterocycles. The Bertz CT molecular complexity index is 1030. The first-order chi connectivity index (χ1) is 17.2. The van der Waals surface area contributed by atoms with Crippen LogP contribution >= 0.6 is 11.3 Å². The van der Waals surface area contributed by atoms with Crippen molar-refractivity contribution in [1.82, 2.24) is 0 Å². The first kappa shape index (κ1) is 24.9. The summed E-state index contributed by atoms with van der Waals surface area (Å²) in [7, 11) is 0. The van der Waals surface area contributed by atoms with Crippen LogP contribution in [0.5, 0.6) is 11.5 Å². The van der Waals surface area contributed by atoms with Gasteiger partial charge < -0.3 is 18.9 Å². The van der Waals surface area contributed by atoms with Crippen LogP contribution in [-0.2, 0) is 22.3 Å². The van der Waals surface area contributed by atoms with E-state index in [2.05, 4.69) is 38.1 Å². The Balaban J connectivity index is 1.45. The Labute approximate surface area is 213 Å². The van der Waals surface area contributed by atoms with Gasteiger partial charge in [0.15, 0.2) is 0 Å². The number of benzene rings is 2. The van der Waals surface area contributed by atoms with E-state index < -0.39 is 0 Å². The summed E-state index contributed by atoms with van der Waals surface area (Å²) in [5.74, 6) is 2.06. The van der Waals surface area contributed by atoms with Gasteiger partial charge in [-0.1, -0.05) is 52.4 Å². The Morgan fingerprint density at radius 3 is 1.54 bits per heavy atom. The number of fused-ring (bicyclic) bond motifs is 3. The van der Waals surface area contributed by atoms with E-state index in [0.29, 0.717) is 13.2 Å². The zero-order valence-corrected chi connectivity index (χ0v) is 22.2. The highest BCUT2D eigenvalue weighted by Crippen LogP contribution is 2.41. The molecule has 2 atom stereocenters. The molecule has 0 amide bonds. The minimum absolute atomic E-state index is 0.262. The lowest BCUT2D eigenvalue weighted by atomic mass is 10.0. The summed E-state index contributed by atoms with van der Waals surface area (Å²) in [6.45, 7) is 7.46. The fourth-order valence-corrected chi connectivity index (χ4v) is 5.95. The van der Waals surface area contributed by atoms with Crippen molar-refractivity contribution >= 4 is 31.5 Å². The molecule has 1 aromatic heterocycles. The molecule has 0 spiro atoms. The van der Waals surface area contributed by atoms with Gasteiger partial charge in [-0.25, -0.2) is 0 Å². The van der Waals surface area contributed by atoms with Crippen LogP contribution in [0.1, 0.15) is 76.3 Å². The maximum absolute atomic E-state index is 6.29. The van der Waals surface area contributed by atoms with E-state index in [-0.39, 0.29) is 12.2 Å². The summed E-state index contributed by atoms with van der Waals surface area (Å²) in [6, 6.07) is 9.32. The maximum atomic E-state index is 6.29. The SMILES string of the molecule is CCCCCCc1cc2sc3cc(CCCCCC)c(OCC4CO4)cc3c2cc1OCC1CO1. The van der Waals surface area contributed by atoms with Gasteiger partial charge in [0.2, 0.25) is 0 Å². The second-order valence-electron chi connectivity index (χ2n) is 10.2. The van der Waals surface area contributed by atoms with E-state index in [1.165, 1.54) is 82.7 Å². The topological polar surface area (TPSA) is 43.5 Å². The second-order valence-corrected chi connectivity index (χ2v) is 11.3. The number of aryl methyl sites for hydroxylation is 2. The number of rotatable bonds is 16. The van der Waals surface area contributed by atoms with Crippen LogP contribution in [0.2, 0.25) is 0 Å². The van der Waals surface area contributed by atoms with Crippen molar-refractivity contribution in [3.05, 3.63) is 35.4 Å². The monoisotopic (exact) mass is 496 g/mol. The fraction of sp³-hybridized carbons (Fsp3) is 0.600. The first-order valence-electron chi connectivity index (χ1n) is 13.8. The highest BCUT2D eigenvalue weighted by atomic mass is 32.1. The third-order valence-electron chi connectivity index (χ3n) is 7.09. The molecule has 0 aliphatic carbocycles. The average molecular weight is 497 g/mol. The lowest BCUT2D eigenvalue weighted by molar-refractivity contribution is 0.261. The van der Waals surface area contributed by atoms with E-state index in [9.17, 15) is 0 Å². The molecule has 35 heavy (non-hydrogen) atoms. The fourth-order valence-electron chi connectivity index (χ4n) is 4.75. The van der Waals surface area contributed by atoms with Crippen molar-refractivity contribution in [1.29, 1.82) is 0 Å². The van der Waals surface area contributed by atoms with Crippen molar-refractivity contribution in [2.24, 2.45) is 0 Å². The summed E-state index contributed by atoms with van der Waals surface area (Å²) in [4.78, 5) is 0.